The summed E-state index contributed by atoms with van der Waals surface area (Å²) in [5, 5.41) is 2.74. The van der Waals surface area contributed by atoms with Crippen LogP contribution in [0, 0.1) is 6.92 Å². The number of hydrogen-bond acceptors (Lipinski definition) is 1. The predicted octanol–water partition coefficient (Wildman–Crippen LogP) is 4.90. The van der Waals surface area contributed by atoms with Gasteiger partial charge in [0.25, 0.3) is 0 Å². The van der Waals surface area contributed by atoms with Gasteiger partial charge < -0.3 is 0 Å². The highest BCUT2D eigenvalue weighted by Gasteiger charge is 2.00. The van der Waals surface area contributed by atoms with Gasteiger partial charge in [-0.25, -0.2) is 0 Å². The Morgan fingerprint density at radius 1 is 0.933 bits per heavy atom. The molecule has 0 bridgehead atoms. The smallest absolute Gasteiger partial charge is 0.0150 e. The first-order valence-electron chi connectivity index (χ1n) is 5.35. The zero-order valence-electron chi connectivity index (χ0n) is 9.87. The van der Waals surface area contributed by atoms with E-state index in [0.29, 0.717) is 0 Å². The van der Waals surface area contributed by atoms with Crippen molar-refractivity contribution < 1.29 is 0 Å². The van der Waals surface area contributed by atoms with Gasteiger partial charge in [0.05, 0.1) is 0 Å². The summed E-state index contributed by atoms with van der Waals surface area (Å²) < 4.78 is 0. The topological polar surface area (TPSA) is 0 Å². The van der Waals surface area contributed by atoms with E-state index in [2.05, 4.69) is 49.6 Å². The molecule has 2 rings (SSSR count). The van der Waals surface area contributed by atoms with Crippen molar-refractivity contribution in [2.75, 3.05) is 6.26 Å². The molecule has 2 aromatic carbocycles. The molecule has 0 aliphatic rings. The second-order valence-corrected chi connectivity index (χ2v) is 3.98. The summed E-state index contributed by atoms with van der Waals surface area (Å²) >= 11 is 1.81. The lowest BCUT2D eigenvalue weighted by Gasteiger charge is -2.05. The third kappa shape index (κ3) is 2.54. The number of benzene rings is 2. The highest BCUT2D eigenvalue weighted by Crippen LogP contribution is 2.28. The number of rotatable bonds is 1. The van der Waals surface area contributed by atoms with Crippen LogP contribution in [0.2, 0.25) is 0 Å². The molecule has 0 atom stereocenters. The normalized spacial score (nSPS) is 9.60. The van der Waals surface area contributed by atoms with Crippen LogP contribution in [0.3, 0.4) is 0 Å². The van der Waals surface area contributed by atoms with Crippen molar-refractivity contribution in [1.29, 1.82) is 0 Å². The Hall–Kier alpha value is -0.950. The lowest BCUT2D eigenvalue weighted by Crippen LogP contribution is -1.80. The van der Waals surface area contributed by atoms with Gasteiger partial charge in [0.15, 0.2) is 0 Å². The first kappa shape index (κ1) is 12.1. The van der Waals surface area contributed by atoms with E-state index in [1.807, 2.05) is 25.6 Å². The summed E-state index contributed by atoms with van der Waals surface area (Å²) in [6.07, 6.45) is 2.13. The lowest BCUT2D eigenvalue weighted by molar-refractivity contribution is 1.46. The Kier molecular flexibility index (Phi) is 4.70. The minimum atomic E-state index is 1.34. The highest BCUT2D eigenvalue weighted by molar-refractivity contribution is 7.98. The van der Waals surface area contributed by atoms with Gasteiger partial charge in [-0.05, 0) is 35.6 Å². The largest absolute Gasteiger partial charge is 0.129 e. The number of thioether (sulfide) groups is 1. The third-order valence-electron chi connectivity index (χ3n) is 2.29. The first-order valence-corrected chi connectivity index (χ1v) is 6.58. The quantitative estimate of drug-likeness (QED) is 0.614. The molecule has 15 heavy (non-hydrogen) atoms. The predicted molar refractivity (Wildman–Crippen MR) is 71.8 cm³/mol. The molecule has 0 aromatic heterocycles. The Morgan fingerprint density at radius 3 is 2.13 bits per heavy atom. The lowest BCUT2D eigenvalue weighted by atomic mass is 10.1. The van der Waals surface area contributed by atoms with E-state index in [9.17, 15) is 0 Å². The number of aryl methyl sites for hydroxylation is 1. The molecule has 0 aliphatic carbocycles. The molecule has 0 heterocycles. The van der Waals surface area contributed by atoms with E-state index in [1.54, 1.807) is 0 Å². The van der Waals surface area contributed by atoms with Gasteiger partial charge in [0.1, 0.15) is 0 Å². The SMILES string of the molecule is CC.CSc1cccc2cccc(C)c12. The molecule has 2 aromatic rings. The maximum absolute atomic E-state index is 2.18. The van der Waals surface area contributed by atoms with Crippen molar-refractivity contribution in [3.63, 3.8) is 0 Å². The Balaban J connectivity index is 0.000000531. The molecule has 0 unspecified atom stereocenters. The van der Waals surface area contributed by atoms with Gasteiger partial charge in [0, 0.05) is 4.90 Å². The first-order chi connectivity index (χ1) is 7.33. The molecular weight excluding hydrogens is 200 g/mol. The molecule has 0 saturated heterocycles. The van der Waals surface area contributed by atoms with Crippen LogP contribution in [0.5, 0.6) is 0 Å². The van der Waals surface area contributed by atoms with Crippen LogP contribution in [0.25, 0.3) is 10.8 Å². The fraction of sp³-hybridized carbons (Fsp3) is 0.286. The molecule has 80 valence electrons. The zero-order valence-corrected chi connectivity index (χ0v) is 10.7. The average Bonchev–Trinajstić information content (AvgIpc) is 2.31. The maximum atomic E-state index is 2.18. The summed E-state index contributed by atoms with van der Waals surface area (Å²) in [4.78, 5) is 1.37. The molecular formula is C14H18S. The number of hydrogen-bond donors (Lipinski definition) is 0. The maximum Gasteiger partial charge on any atom is 0.0150 e. The third-order valence-corrected chi connectivity index (χ3v) is 3.07. The van der Waals surface area contributed by atoms with E-state index in [1.165, 1.54) is 21.2 Å². The summed E-state index contributed by atoms with van der Waals surface area (Å²) in [7, 11) is 0. The monoisotopic (exact) mass is 218 g/mol. The van der Waals surface area contributed by atoms with Crippen LogP contribution in [0.4, 0.5) is 0 Å². The van der Waals surface area contributed by atoms with Crippen molar-refractivity contribution in [3.05, 3.63) is 42.0 Å². The zero-order chi connectivity index (χ0) is 11.3. The van der Waals surface area contributed by atoms with E-state index >= 15 is 0 Å². The van der Waals surface area contributed by atoms with Gasteiger partial charge in [0.2, 0.25) is 0 Å². The van der Waals surface area contributed by atoms with Gasteiger partial charge in [-0.15, -0.1) is 11.8 Å². The fourth-order valence-corrected chi connectivity index (χ4v) is 2.36. The summed E-state index contributed by atoms with van der Waals surface area (Å²) in [5.41, 5.74) is 1.36. The molecule has 0 amide bonds. The van der Waals surface area contributed by atoms with Crippen molar-refractivity contribution in [2.45, 2.75) is 25.7 Å². The van der Waals surface area contributed by atoms with E-state index in [0.717, 1.165) is 0 Å². The van der Waals surface area contributed by atoms with Crippen LogP contribution in [-0.4, -0.2) is 6.26 Å². The van der Waals surface area contributed by atoms with Gasteiger partial charge >= 0.3 is 0 Å². The molecule has 0 radical (unpaired) electrons. The highest BCUT2D eigenvalue weighted by atomic mass is 32.2. The number of fused-ring (bicyclic) bond motifs is 1. The second-order valence-electron chi connectivity index (χ2n) is 3.13. The summed E-state index contributed by atoms with van der Waals surface area (Å²) in [6, 6.07) is 12.9. The fourth-order valence-electron chi connectivity index (χ4n) is 1.66. The summed E-state index contributed by atoms with van der Waals surface area (Å²) in [5.74, 6) is 0. The van der Waals surface area contributed by atoms with Crippen LogP contribution in [0.15, 0.2) is 41.3 Å². The molecule has 0 aliphatic heterocycles. The average molecular weight is 218 g/mol. The Bertz CT molecular complexity index is 427. The van der Waals surface area contributed by atoms with Crippen LogP contribution >= 0.6 is 11.8 Å². The van der Waals surface area contributed by atoms with Crippen LogP contribution in [0.1, 0.15) is 19.4 Å². The minimum absolute atomic E-state index is 1.34. The molecule has 0 fully saturated rings. The second kappa shape index (κ2) is 5.82. The van der Waals surface area contributed by atoms with E-state index in [-0.39, 0.29) is 0 Å². The van der Waals surface area contributed by atoms with Crippen LogP contribution in [-0.2, 0) is 0 Å². The van der Waals surface area contributed by atoms with Crippen molar-refractivity contribution in [2.24, 2.45) is 0 Å². The van der Waals surface area contributed by atoms with Gasteiger partial charge in [-0.2, -0.15) is 0 Å². The van der Waals surface area contributed by atoms with E-state index in [4.69, 9.17) is 0 Å². The molecule has 1 heteroatoms. The molecule has 0 saturated carbocycles. The minimum Gasteiger partial charge on any atom is -0.129 e. The van der Waals surface area contributed by atoms with Crippen molar-refractivity contribution >= 4 is 22.5 Å². The Morgan fingerprint density at radius 2 is 1.53 bits per heavy atom. The van der Waals surface area contributed by atoms with Crippen molar-refractivity contribution in [1.82, 2.24) is 0 Å². The molecule has 0 spiro atoms. The molecule has 0 N–H and O–H groups in total. The molecule has 0 nitrogen and oxygen atoms in total. The van der Waals surface area contributed by atoms with Crippen molar-refractivity contribution in [3.8, 4) is 0 Å². The standard InChI is InChI=1S/C12H12S.C2H6/c1-9-5-3-6-10-7-4-8-11(13-2)12(9)10;1-2/h3-8H,1-2H3;1-2H3. The summed E-state index contributed by atoms with van der Waals surface area (Å²) in [6.45, 7) is 6.17. The van der Waals surface area contributed by atoms with Crippen LogP contribution < -0.4 is 0 Å². The van der Waals surface area contributed by atoms with E-state index < -0.39 is 0 Å². The Labute approximate surface area is 96.7 Å². The van der Waals surface area contributed by atoms with Gasteiger partial charge in [-0.1, -0.05) is 44.2 Å². The van der Waals surface area contributed by atoms with Gasteiger partial charge in [-0.3, -0.25) is 0 Å².